The molecule has 1 aliphatic heterocycles. The highest BCUT2D eigenvalue weighted by Gasteiger charge is 2.28. The topological polar surface area (TPSA) is 78.9 Å². The number of urea groups is 1. The summed E-state index contributed by atoms with van der Waals surface area (Å²) in [5, 5.41) is 12.0. The lowest BCUT2D eigenvalue weighted by Crippen LogP contribution is -2.52. The van der Waals surface area contributed by atoms with Crippen molar-refractivity contribution in [3.05, 3.63) is 0 Å². The number of rotatable bonds is 3. The van der Waals surface area contributed by atoms with Gasteiger partial charge in [-0.2, -0.15) is 0 Å². The van der Waals surface area contributed by atoms with Crippen molar-refractivity contribution >= 4 is 12.0 Å². The molecule has 6 nitrogen and oxygen atoms in total. The Balaban J connectivity index is 1.71. The van der Waals surface area contributed by atoms with Crippen LogP contribution < -0.4 is 5.32 Å². The summed E-state index contributed by atoms with van der Waals surface area (Å²) in [5.41, 5.74) is 0. The number of carboxylic acid groups (broad SMARTS) is 1. The molecule has 2 unspecified atom stereocenters. The molecule has 2 aliphatic rings. The van der Waals surface area contributed by atoms with Gasteiger partial charge in [0.2, 0.25) is 0 Å². The molecule has 120 valence electrons. The summed E-state index contributed by atoms with van der Waals surface area (Å²) in [6.45, 7) is 5.85. The van der Waals surface area contributed by atoms with Crippen LogP contribution in [0, 0.1) is 11.8 Å². The molecular formula is C15H26N2O4. The van der Waals surface area contributed by atoms with Gasteiger partial charge in [-0.3, -0.25) is 4.79 Å². The standard InChI is InChI=1S/C15H26N2O4/c1-10-8-17(9-11(2)21-10)15(20)16-7-12-3-5-13(6-4-12)14(18)19/h10-13H,3-9H2,1-2H3,(H,16,20)(H,18,19). The molecule has 6 heteroatoms. The van der Waals surface area contributed by atoms with E-state index >= 15 is 0 Å². The van der Waals surface area contributed by atoms with Crippen molar-refractivity contribution in [1.29, 1.82) is 0 Å². The summed E-state index contributed by atoms with van der Waals surface area (Å²) in [6, 6.07) is -0.0302. The van der Waals surface area contributed by atoms with E-state index in [-0.39, 0.29) is 24.2 Å². The zero-order valence-corrected chi connectivity index (χ0v) is 12.9. The summed E-state index contributed by atoms with van der Waals surface area (Å²) in [4.78, 5) is 24.9. The van der Waals surface area contributed by atoms with Crippen molar-refractivity contribution in [2.24, 2.45) is 11.8 Å². The molecule has 21 heavy (non-hydrogen) atoms. The number of ether oxygens (including phenoxy) is 1. The van der Waals surface area contributed by atoms with Gasteiger partial charge in [0.25, 0.3) is 0 Å². The van der Waals surface area contributed by atoms with Crippen LogP contribution in [0.3, 0.4) is 0 Å². The van der Waals surface area contributed by atoms with Crippen molar-refractivity contribution in [2.75, 3.05) is 19.6 Å². The minimum Gasteiger partial charge on any atom is -0.481 e. The van der Waals surface area contributed by atoms with Gasteiger partial charge >= 0.3 is 12.0 Å². The second-order valence-electron chi connectivity index (χ2n) is 6.40. The first-order chi connectivity index (χ1) is 9.95. The van der Waals surface area contributed by atoms with Crippen LogP contribution in [0.15, 0.2) is 0 Å². The van der Waals surface area contributed by atoms with Crippen molar-refractivity contribution in [1.82, 2.24) is 10.2 Å². The van der Waals surface area contributed by atoms with Gasteiger partial charge in [-0.25, -0.2) is 4.79 Å². The van der Waals surface area contributed by atoms with Gasteiger partial charge < -0.3 is 20.1 Å². The van der Waals surface area contributed by atoms with Crippen molar-refractivity contribution in [3.8, 4) is 0 Å². The second-order valence-corrected chi connectivity index (χ2v) is 6.40. The maximum Gasteiger partial charge on any atom is 0.317 e. The summed E-state index contributed by atoms with van der Waals surface area (Å²) in [7, 11) is 0. The van der Waals surface area contributed by atoms with Crippen LogP contribution in [0.25, 0.3) is 0 Å². The van der Waals surface area contributed by atoms with Crippen molar-refractivity contribution in [2.45, 2.75) is 51.7 Å². The maximum absolute atomic E-state index is 12.2. The van der Waals surface area contributed by atoms with Crippen LogP contribution in [0.4, 0.5) is 4.79 Å². The molecule has 2 atom stereocenters. The molecule has 0 spiro atoms. The maximum atomic E-state index is 12.2. The Labute approximate surface area is 125 Å². The van der Waals surface area contributed by atoms with Gasteiger partial charge in [0, 0.05) is 19.6 Å². The van der Waals surface area contributed by atoms with Gasteiger partial charge in [-0.15, -0.1) is 0 Å². The highest BCUT2D eigenvalue weighted by Crippen LogP contribution is 2.28. The normalized spacial score (nSPS) is 33.5. The molecule has 1 heterocycles. The number of nitrogens with zero attached hydrogens (tertiary/aromatic N) is 1. The largest absolute Gasteiger partial charge is 0.481 e. The second kappa shape index (κ2) is 7.11. The number of morpholine rings is 1. The van der Waals surface area contributed by atoms with E-state index < -0.39 is 5.97 Å². The fourth-order valence-electron chi connectivity index (χ4n) is 3.30. The van der Waals surface area contributed by atoms with Crippen LogP contribution in [-0.4, -0.2) is 53.8 Å². The van der Waals surface area contributed by atoms with E-state index in [0.29, 0.717) is 25.6 Å². The fraction of sp³-hybridized carbons (Fsp3) is 0.867. The average molecular weight is 298 g/mol. The number of amides is 2. The van der Waals surface area contributed by atoms with Gasteiger partial charge in [0.05, 0.1) is 18.1 Å². The molecule has 1 aliphatic carbocycles. The molecule has 1 saturated heterocycles. The highest BCUT2D eigenvalue weighted by atomic mass is 16.5. The Morgan fingerprint density at radius 2 is 1.71 bits per heavy atom. The number of carboxylic acids is 1. The third-order valence-electron chi connectivity index (χ3n) is 4.44. The van der Waals surface area contributed by atoms with Crippen LogP contribution >= 0.6 is 0 Å². The van der Waals surface area contributed by atoms with E-state index in [1.54, 1.807) is 0 Å². The SMILES string of the molecule is CC1CN(C(=O)NCC2CCC(C(=O)O)CC2)CC(C)O1. The average Bonchev–Trinajstić information content (AvgIpc) is 2.44. The number of nitrogens with one attached hydrogen (secondary N) is 1. The van der Waals surface area contributed by atoms with Gasteiger partial charge in [-0.05, 0) is 45.4 Å². The Kier molecular flexibility index (Phi) is 5.45. The van der Waals surface area contributed by atoms with Crippen LogP contribution in [0.2, 0.25) is 0 Å². The molecule has 0 aromatic carbocycles. The molecule has 2 amide bonds. The smallest absolute Gasteiger partial charge is 0.317 e. The van der Waals surface area contributed by atoms with E-state index in [9.17, 15) is 9.59 Å². The van der Waals surface area contributed by atoms with Crippen LogP contribution in [0.1, 0.15) is 39.5 Å². The predicted molar refractivity (Wildman–Crippen MR) is 78.1 cm³/mol. The first-order valence-electron chi connectivity index (χ1n) is 7.86. The molecule has 0 aromatic rings. The van der Waals surface area contributed by atoms with E-state index in [2.05, 4.69) is 5.32 Å². The Bertz CT molecular complexity index is 370. The number of hydrogen-bond donors (Lipinski definition) is 2. The molecular weight excluding hydrogens is 272 g/mol. The van der Waals surface area contributed by atoms with Gasteiger partial charge in [0.15, 0.2) is 0 Å². The summed E-state index contributed by atoms with van der Waals surface area (Å²) < 4.78 is 5.62. The predicted octanol–water partition coefficient (Wildman–Crippen LogP) is 1.70. The molecule has 1 saturated carbocycles. The minimum absolute atomic E-state index is 0.0302. The van der Waals surface area contributed by atoms with E-state index in [4.69, 9.17) is 9.84 Å². The van der Waals surface area contributed by atoms with Gasteiger partial charge in [-0.1, -0.05) is 0 Å². The Morgan fingerprint density at radius 1 is 1.14 bits per heavy atom. The third-order valence-corrected chi connectivity index (χ3v) is 4.44. The zero-order chi connectivity index (χ0) is 15.4. The summed E-state index contributed by atoms with van der Waals surface area (Å²) in [5.74, 6) is -0.480. The lowest BCUT2D eigenvalue weighted by molar-refractivity contribution is -0.143. The van der Waals surface area contributed by atoms with Crippen molar-refractivity contribution < 1.29 is 19.4 Å². The van der Waals surface area contributed by atoms with E-state index in [0.717, 1.165) is 25.7 Å². The molecule has 0 radical (unpaired) electrons. The number of hydrogen-bond acceptors (Lipinski definition) is 3. The minimum atomic E-state index is -0.686. The number of carbonyl (C=O) groups excluding carboxylic acids is 1. The van der Waals surface area contributed by atoms with Gasteiger partial charge in [0.1, 0.15) is 0 Å². The summed E-state index contributed by atoms with van der Waals surface area (Å²) in [6.07, 6.45) is 3.36. The lowest BCUT2D eigenvalue weighted by Gasteiger charge is -2.35. The molecule has 0 bridgehead atoms. The van der Waals surface area contributed by atoms with Crippen LogP contribution in [0.5, 0.6) is 0 Å². The fourth-order valence-corrected chi connectivity index (χ4v) is 3.30. The monoisotopic (exact) mass is 298 g/mol. The Morgan fingerprint density at radius 3 is 2.24 bits per heavy atom. The van der Waals surface area contributed by atoms with Crippen molar-refractivity contribution in [3.63, 3.8) is 0 Å². The number of carbonyl (C=O) groups is 2. The number of aliphatic carboxylic acids is 1. The molecule has 2 N–H and O–H groups in total. The zero-order valence-electron chi connectivity index (χ0n) is 12.9. The summed E-state index contributed by atoms with van der Waals surface area (Å²) >= 11 is 0. The van der Waals surface area contributed by atoms with E-state index in [1.165, 1.54) is 0 Å². The molecule has 2 rings (SSSR count). The quantitative estimate of drug-likeness (QED) is 0.831. The molecule has 0 aromatic heterocycles. The van der Waals surface area contributed by atoms with E-state index in [1.807, 2.05) is 18.7 Å². The Hall–Kier alpha value is -1.30. The molecule has 2 fully saturated rings. The highest BCUT2D eigenvalue weighted by molar-refractivity contribution is 5.74. The lowest BCUT2D eigenvalue weighted by atomic mass is 9.82. The third kappa shape index (κ3) is 4.59. The first kappa shape index (κ1) is 16.1. The van der Waals surface area contributed by atoms with Crippen LogP contribution in [-0.2, 0) is 9.53 Å². The first-order valence-corrected chi connectivity index (χ1v) is 7.86.